The summed E-state index contributed by atoms with van der Waals surface area (Å²) in [6.07, 6.45) is 3.71. The van der Waals surface area contributed by atoms with E-state index in [0.717, 1.165) is 6.92 Å². The average Bonchev–Trinajstić information content (AvgIpc) is 1.64. The molecule has 3 heterocycles. The van der Waals surface area contributed by atoms with Gasteiger partial charge in [0, 0.05) is 81.1 Å². The number of aromatic nitrogens is 3. The number of amides is 14. The lowest BCUT2D eigenvalue weighted by Gasteiger charge is -2.30. The third-order valence-electron chi connectivity index (χ3n) is 19.5. The first kappa shape index (κ1) is 94.3. The van der Waals surface area contributed by atoms with Gasteiger partial charge in [0.2, 0.25) is 82.7 Å². The molecule has 0 bridgehead atoms. The van der Waals surface area contributed by atoms with Crippen LogP contribution in [0.25, 0.3) is 10.9 Å². The standard InChI is InChI=1S/C78H111N21O19/c1-5-6-19-52(91-75(116)61(41-101)97-72(113)57(34-46-24-26-49(103)27-25-46)94-74(115)60(40-100)88-44(4)102)68(109)92-54(28-29-64(105)106)70(111)96-59(36-48-38-83-42-87-48)73(114)93-56(33-45-16-8-7-9-17-45)71(112)90-53(22-14-31-84-78(81)82)69(110)95-58(35-47-37-85-51-20-11-10-18-50(47)51)67(108)86-39-63(104)89-55(21-12-13-30-79)77(118)99-32-15-23-62(99)76(117)98-65(43(2)3)66(80)107/h7-11,16-18,20,24-27,37-38,42-43,52-62,65,85,100-101,103H,5-6,12-15,19,21-23,28-36,39-41,79H2,1-4H3,(H2,80,107)(H,83,87)(H,86,108)(H,88,102)(H,89,104)(H,90,112)(H,91,116)(H,92,109)(H,93,114)(H,94,115)(H,95,110)(H,96,111)(H,97,113)(H,98,117)(H,105,106)(H4,81,82,84)/t52-,53-,54-,55-,56+,57-,58+,59-,60-,61-,62-,65-/m0/s1. The number of aromatic amines is 2. The van der Waals surface area contributed by atoms with Gasteiger partial charge in [-0.3, -0.25) is 77.3 Å². The topological polar surface area (TPSA) is 643 Å². The highest BCUT2D eigenvalue weighted by Gasteiger charge is 2.41. The van der Waals surface area contributed by atoms with Crippen molar-refractivity contribution in [2.45, 2.75) is 203 Å². The first-order chi connectivity index (χ1) is 56.3. The van der Waals surface area contributed by atoms with E-state index in [1.54, 1.807) is 81.6 Å². The number of carbonyl (C=O) groups excluding carboxylic acids is 14. The van der Waals surface area contributed by atoms with Gasteiger partial charge in [0.05, 0.1) is 26.1 Å². The first-order valence-electron chi connectivity index (χ1n) is 39.1. The molecule has 1 aliphatic rings. The maximum atomic E-state index is 15.2. The minimum absolute atomic E-state index is 0.00399. The third-order valence-corrected chi connectivity index (χ3v) is 19.5. The number of para-hydroxylation sites is 1. The van der Waals surface area contributed by atoms with Gasteiger partial charge in [0.1, 0.15) is 78.3 Å². The monoisotopic (exact) mass is 1650 g/mol. The zero-order chi connectivity index (χ0) is 86.5. The first-order valence-corrected chi connectivity index (χ1v) is 39.1. The molecule has 6 rings (SSSR count). The molecule has 0 unspecified atom stereocenters. The lowest BCUT2D eigenvalue weighted by molar-refractivity contribution is -0.142. The third kappa shape index (κ3) is 30.6. The number of primary amides is 1. The van der Waals surface area contributed by atoms with Gasteiger partial charge in [-0.25, -0.2) is 4.98 Å². The van der Waals surface area contributed by atoms with Crippen LogP contribution in [0, 0.1) is 11.3 Å². The zero-order valence-electron chi connectivity index (χ0n) is 66.3. The Hall–Kier alpha value is -12.6. The molecule has 1 saturated heterocycles. The summed E-state index contributed by atoms with van der Waals surface area (Å²) in [5.74, 6) is -15.1. The van der Waals surface area contributed by atoms with Gasteiger partial charge in [0.15, 0.2) is 5.96 Å². The summed E-state index contributed by atoms with van der Waals surface area (Å²) in [5, 5.41) is 81.9. The highest BCUT2D eigenvalue weighted by molar-refractivity contribution is 6.00. The molecule has 642 valence electrons. The van der Waals surface area contributed by atoms with Crippen LogP contribution in [0.2, 0.25) is 0 Å². The molecule has 40 heteroatoms. The van der Waals surface area contributed by atoms with Crippen molar-refractivity contribution in [1.82, 2.24) is 89.0 Å². The van der Waals surface area contributed by atoms with E-state index < -0.39 is 200 Å². The van der Waals surface area contributed by atoms with Crippen LogP contribution in [0.5, 0.6) is 5.75 Å². The molecule has 2 aromatic heterocycles. The number of unbranched alkanes of at least 4 members (excludes halogenated alkanes) is 2. The lowest BCUT2D eigenvalue weighted by Crippen LogP contribution is -2.61. The number of guanidine groups is 1. The molecule has 0 saturated carbocycles. The molecule has 118 heavy (non-hydrogen) atoms. The van der Waals surface area contributed by atoms with E-state index in [0.29, 0.717) is 53.3 Å². The van der Waals surface area contributed by atoms with Crippen molar-refractivity contribution in [2.75, 3.05) is 39.4 Å². The maximum absolute atomic E-state index is 15.2. The van der Waals surface area contributed by atoms with Gasteiger partial charge >= 0.3 is 5.97 Å². The molecule has 5 aromatic rings. The summed E-state index contributed by atoms with van der Waals surface area (Å²) in [7, 11) is 0. The Balaban J connectivity index is 1.25. The number of nitrogens with zero attached hydrogens (tertiary/aromatic N) is 2. The van der Waals surface area contributed by atoms with E-state index in [1.807, 2.05) is 0 Å². The maximum Gasteiger partial charge on any atom is 0.303 e. The quantitative estimate of drug-likeness (QED) is 0.01000. The molecule has 0 radical (unpaired) electrons. The summed E-state index contributed by atoms with van der Waals surface area (Å²) in [6.45, 7) is 3.96. The molecule has 14 amide bonds. The number of aliphatic carboxylic acids is 1. The minimum atomic E-state index is -1.83. The highest BCUT2D eigenvalue weighted by Crippen LogP contribution is 2.23. The zero-order valence-corrected chi connectivity index (χ0v) is 66.3. The van der Waals surface area contributed by atoms with E-state index in [4.69, 9.17) is 22.6 Å². The number of hydrogen-bond acceptors (Lipinski definition) is 21. The number of carboxylic acids is 1. The number of nitrogens with two attached hydrogens (primary N) is 3. The van der Waals surface area contributed by atoms with Crippen LogP contribution in [0.3, 0.4) is 0 Å². The van der Waals surface area contributed by atoms with Crippen LogP contribution in [0.4, 0.5) is 0 Å². The molecule has 40 nitrogen and oxygen atoms in total. The number of nitrogens with one attached hydrogen (secondary N) is 16. The van der Waals surface area contributed by atoms with Crippen molar-refractivity contribution in [1.29, 1.82) is 5.41 Å². The van der Waals surface area contributed by atoms with Crippen molar-refractivity contribution in [3.8, 4) is 5.75 Å². The van der Waals surface area contributed by atoms with Gasteiger partial charge in [-0.15, -0.1) is 0 Å². The van der Waals surface area contributed by atoms with Gasteiger partial charge in [-0.05, 0) is 105 Å². The fourth-order valence-electron chi connectivity index (χ4n) is 13.1. The molecule has 0 spiro atoms. The Kier molecular flexibility index (Phi) is 38.4. The Bertz CT molecular complexity index is 4240. The number of imidazole rings is 1. The highest BCUT2D eigenvalue weighted by atomic mass is 16.4. The normalized spacial score (nSPS) is 15.2. The molecule has 3 aromatic carbocycles. The molecule has 0 aliphatic carbocycles. The van der Waals surface area contributed by atoms with Crippen LogP contribution in [0.1, 0.15) is 127 Å². The second-order valence-corrected chi connectivity index (χ2v) is 29.0. The number of carbonyl (C=O) groups is 15. The van der Waals surface area contributed by atoms with Crippen LogP contribution in [-0.2, 0) is 97.6 Å². The summed E-state index contributed by atoms with van der Waals surface area (Å²) in [5.41, 5.74) is 19.3. The molecular weight excluding hydrogens is 1530 g/mol. The van der Waals surface area contributed by atoms with E-state index in [2.05, 4.69) is 84.1 Å². The number of likely N-dealkylation sites (tertiary alicyclic amines) is 1. The molecular formula is C78H111N21O19. The van der Waals surface area contributed by atoms with Gasteiger partial charge in [0.25, 0.3) is 0 Å². The molecule has 26 N–H and O–H groups in total. The fraction of sp³-hybridized carbons (Fsp3) is 0.500. The Morgan fingerprint density at radius 1 is 0.559 bits per heavy atom. The molecule has 1 fully saturated rings. The van der Waals surface area contributed by atoms with Crippen molar-refractivity contribution in [3.05, 3.63) is 120 Å². The smallest absolute Gasteiger partial charge is 0.303 e. The number of rotatable bonds is 50. The Labute approximate surface area is 680 Å². The second kappa shape index (κ2) is 48.1. The van der Waals surface area contributed by atoms with Gasteiger partial charge in [-0.1, -0.05) is 94.3 Å². The van der Waals surface area contributed by atoms with Crippen LogP contribution < -0.4 is 86.3 Å². The minimum Gasteiger partial charge on any atom is -0.508 e. The van der Waals surface area contributed by atoms with E-state index in [9.17, 15) is 78.0 Å². The van der Waals surface area contributed by atoms with Crippen LogP contribution in [-0.4, -0.2) is 247 Å². The number of benzene rings is 3. The largest absolute Gasteiger partial charge is 0.508 e. The molecule has 1 aliphatic heterocycles. The van der Waals surface area contributed by atoms with E-state index in [1.165, 1.54) is 41.7 Å². The number of aromatic hydroxyl groups is 1. The van der Waals surface area contributed by atoms with Crippen molar-refractivity contribution >= 4 is 106 Å². The van der Waals surface area contributed by atoms with Gasteiger partial charge < -0.3 is 122 Å². The number of H-pyrrole nitrogens is 2. The van der Waals surface area contributed by atoms with Crippen molar-refractivity contribution in [2.24, 2.45) is 23.1 Å². The fourth-order valence-corrected chi connectivity index (χ4v) is 13.1. The summed E-state index contributed by atoms with van der Waals surface area (Å²) in [6, 6.07) is 3.00. The van der Waals surface area contributed by atoms with E-state index >= 15 is 14.4 Å². The predicted molar refractivity (Wildman–Crippen MR) is 428 cm³/mol. The Morgan fingerprint density at radius 2 is 1.07 bits per heavy atom. The average molecular weight is 1650 g/mol. The van der Waals surface area contributed by atoms with Crippen LogP contribution >= 0.6 is 0 Å². The summed E-state index contributed by atoms with van der Waals surface area (Å²) in [4.78, 5) is 220. The van der Waals surface area contributed by atoms with Gasteiger partial charge in [-0.2, -0.15) is 0 Å². The van der Waals surface area contributed by atoms with Crippen molar-refractivity contribution in [3.63, 3.8) is 0 Å². The number of aliphatic hydroxyl groups excluding tert-OH is 2. The lowest BCUT2D eigenvalue weighted by atomic mass is 10.0. The second-order valence-electron chi connectivity index (χ2n) is 29.0. The molecule has 12 atom stereocenters. The van der Waals surface area contributed by atoms with Crippen molar-refractivity contribution < 1.29 is 92.3 Å². The summed E-state index contributed by atoms with van der Waals surface area (Å²) >= 11 is 0. The summed E-state index contributed by atoms with van der Waals surface area (Å²) < 4.78 is 0. The number of phenols is 1. The SMILES string of the molecule is CCCC[C@H](NC(=O)[C@H](CO)NC(=O)[C@H](Cc1ccc(O)cc1)NC(=O)[C@H](CO)NC(C)=O)C(=O)N[C@@H](CCC(=O)O)C(=O)N[C@@H](Cc1cnc[nH]1)C(=O)N[C@H](Cc1ccccc1)C(=O)N[C@@H](CCCNC(=N)N)C(=O)N[C@H](Cc1c[nH]c2ccccc12)C(=O)NCC(=O)N[C@@H](CCCCN)C(=O)N1CCC[C@H]1C(=O)N[C@H](C(N)=O)C(C)C. The van der Waals surface area contributed by atoms with Crippen LogP contribution in [0.15, 0.2) is 97.6 Å². The number of aliphatic hydroxyl groups is 2. The predicted octanol–water partition coefficient (Wildman–Crippen LogP) is -4.10. The van der Waals surface area contributed by atoms with E-state index in [-0.39, 0.29) is 101 Å². The number of fused-ring (bicyclic) bond motifs is 1. The Morgan fingerprint density at radius 3 is 1.60 bits per heavy atom. The number of hydrogen-bond donors (Lipinski definition) is 23. The number of carboxylic acid groups (broad SMARTS) is 1. The number of phenolic OH excluding ortho intramolecular Hbond substituents is 1.